The SMILES string of the molecule is COc1cc(N)c(Cl)cc1C(=O)Nc1ccc(F)c(C#N)c1. The van der Waals surface area contributed by atoms with Gasteiger partial charge in [0.05, 0.1) is 28.9 Å². The number of anilines is 2. The predicted molar refractivity (Wildman–Crippen MR) is 81.5 cm³/mol. The van der Waals surface area contributed by atoms with Crippen molar-refractivity contribution in [2.75, 3.05) is 18.2 Å². The molecule has 0 unspecified atom stereocenters. The fraction of sp³-hybridized carbons (Fsp3) is 0.0667. The molecule has 0 fully saturated rings. The van der Waals surface area contributed by atoms with E-state index in [9.17, 15) is 9.18 Å². The highest BCUT2D eigenvalue weighted by atomic mass is 35.5. The third-order valence-corrected chi connectivity index (χ3v) is 3.24. The van der Waals surface area contributed by atoms with Gasteiger partial charge >= 0.3 is 0 Å². The fourth-order valence-electron chi connectivity index (χ4n) is 1.80. The summed E-state index contributed by atoms with van der Waals surface area (Å²) < 4.78 is 18.4. The Labute approximate surface area is 131 Å². The first-order valence-electron chi connectivity index (χ1n) is 6.10. The van der Waals surface area contributed by atoms with E-state index in [0.29, 0.717) is 0 Å². The van der Waals surface area contributed by atoms with Gasteiger partial charge in [-0.15, -0.1) is 0 Å². The first-order chi connectivity index (χ1) is 10.5. The van der Waals surface area contributed by atoms with Crippen LogP contribution in [-0.4, -0.2) is 13.0 Å². The molecule has 112 valence electrons. The molecule has 0 aromatic heterocycles. The molecule has 0 atom stereocenters. The minimum atomic E-state index is -0.659. The van der Waals surface area contributed by atoms with Crippen LogP contribution in [0.25, 0.3) is 0 Å². The summed E-state index contributed by atoms with van der Waals surface area (Å²) in [6.45, 7) is 0. The highest BCUT2D eigenvalue weighted by molar-refractivity contribution is 6.33. The van der Waals surface area contributed by atoms with E-state index < -0.39 is 11.7 Å². The molecule has 5 nitrogen and oxygen atoms in total. The first-order valence-corrected chi connectivity index (χ1v) is 6.48. The lowest BCUT2D eigenvalue weighted by Crippen LogP contribution is -2.14. The Hall–Kier alpha value is -2.78. The van der Waals surface area contributed by atoms with Gasteiger partial charge in [0.2, 0.25) is 0 Å². The highest BCUT2D eigenvalue weighted by Crippen LogP contribution is 2.29. The van der Waals surface area contributed by atoms with E-state index in [1.165, 1.54) is 31.4 Å². The molecule has 2 aromatic carbocycles. The normalized spacial score (nSPS) is 9.91. The zero-order valence-corrected chi connectivity index (χ0v) is 12.2. The maximum Gasteiger partial charge on any atom is 0.259 e. The van der Waals surface area contributed by atoms with E-state index in [0.717, 1.165) is 6.07 Å². The Morgan fingerprint density at radius 2 is 2.14 bits per heavy atom. The summed E-state index contributed by atoms with van der Waals surface area (Å²) in [5.74, 6) is -0.926. The van der Waals surface area contributed by atoms with Gasteiger partial charge in [0.1, 0.15) is 17.6 Å². The van der Waals surface area contributed by atoms with Crippen molar-refractivity contribution in [1.29, 1.82) is 5.26 Å². The molecule has 7 heteroatoms. The van der Waals surface area contributed by atoms with Crippen molar-refractivity contribution in [1.82, 2.24) is 0 Å². The fourth-order valence-corrected chi connectivity index (χ4v) is 1.97. The van der Waals surface area contributed by atoms with Crippen molar-refractivity contribution < 1.29 is 13.9 Å². The number of rotatable bonds is 3. The van der Waals surface area contributed by atoms with Crippen LogP contribution in [0, 0.1) is 17.1 Å². The van der Waals surface area contributed by atoms with Crippen LogP contribution in [0.1, 0.15) is 15.9 Å². The third-order valence-electron chi connectivity index (χ3n) is 2.91. The number of nitriles is 1. The lowest BCUT2D eigenvalue weighted by Gasteiger charge is -2.11. The number of methoxy groups -OCH3 is 1. The smallest absolute Gasteiger partial charge is 0.259 e. The molecule has 3 N–H and O–H groups in total. The number of carbonyl (C=O) groups is 1. The lowest BCUT2D eigenvalue weighted by molar-refractivity contribution is 0.102. The van der Waals surface area contributed by atoms with Crippen LogP contribution in [-0.2, 0) is 0 Å². The zero-order chi connectivity index (χ0) is 16.3. The monoisotopic (exact) mass is 319 g/mol. The highest BCUT2D eigenvalue weighted by Gasteiger charge is 2.16. The molecular formula is C15H11ClFN3O2. The lowest BCUT2D eigenvalue weighted by atomic mass is 10.1. The van der Waals surface area contributed by atoms with E-state index in [2.05, 4.69) is 5.32 Å². The van der Waals surface area contributed by atoms with Crippen molar-refractivity contribution in [2.45, 2.75) is 0 Å². The number of nitrogens with zero attached hydrogens (tertiary/aromatic N) is 1. The van der Waals surface area contributed by atoms with E-state index >= 15 is 0 Å². The Bertz CT molecular complexity index is 787. The molecule has 2 rings (SSSR count). The number of nitrogens with one attached hydrogen (secondary N) is 1. The van der Waals surface area contributed by atoms with Crippen LogP contribution in [0.3, 0.4) is 0 Å². The maximum atomic E-state index is 13.3. The standard InChI is InChI=1S/C15H11ClFN3O2/c1-22-14-6-13(19)11(16)5-10(14)15(21)20-9-2-3-12(17)8(4-9)7-18/h2-6H,19H2,1H3,(H,20,21). The Kier molecular flexibility index (Phi) is 4.49. The molecule has 0 saturated heterocycles. The predicted octanol–water partition coefficient (Wildman–Crippen LogP) is 3.19. The van der Waals surface area contributed by atoms with E-state index in [1.807, 2.05) is 0 Å². The summed E-state index contributed by atoms with van der Waals surface area (Å²) in [6.07, 6.45) is 0. The van der Waals surface area contributed by atoms with Gasteiger partial charge in [-0.2, -0.15) is 5.26 Å². The van der Waals surface area contributed by atoms with Crippen molar-refractivity contribution in [3.05, 3.63) is 52.3 Å². The first kappa shape index (κ1) is 15.6. The maximum absolute atomic E-state index is 13.3. The molecule has 22 heavy (non-hydrogen) atoms. The minimum absolute atomic E-state index is 0.167. The molecular weight excluding hydrogens is 309 g/mol. The molecule has 2 aromatic rings. The summed E-state index contributed by atoms with van der Waals surface area (Å²) in [4.78, 5) is 12.3. The quantitative estimate of drug-likeness (QED) is 0.850. The van der Waals surface area contributed by atoms with E-state index in [-0.39, 0.29) is 33.3 Å². The Balaban J connectivity index is 2.34. The van der Waals surface area contributed by atoms with E-state index in [4.69, 9.17) is 27.3 Å². The number of hydrogen-bond donors (Lipinski definition) is 2. The van der Waals surface area contributed by atoms with Crippen molar-refractivity contribution in [3.63, 3.8) is 0 Å². The number of nitrogens with two attached hydrogens (primary N) is 1. The van der Waals surface area contributed by atoms with Gasteiger partial charge in [0.15, 0.2) is 0 Å². The second-order valence-electron chi connectivity index (χ2n) is 4.33. The van der Waals surface area contributed by atoms with Crippen LogP contribution in [0.2, 0.25) is 5.02 Å². The summed E-state index contributed by atoms with van der Waals surface area (Å²) >= 11 is 5.91. The van der Waals surface area contributed by atoms with Gasteiger partial charge in [-0.25, -0.2) is 4.39 Å². The Morgan fingerprint density at radius 3 is 2.77 bits per heavy atom. The van der Waals surface area contributed by atoms with Gasteiger partial charge in [-0.1, -0.05) is 11.6 Å². The minimum Gasteiger partial charge on any atom is -0.496 e. The zero-order valence-electron chi connectivity index (χ0n) is 11.5. The molecule has 0 bridgehead atoms. The topological polar surface area (TPSA) is 88.1 Å². The number of nitrogen functional groups attached to an aromatic ring is 1. The molecule has 0 saturated carbocycles. The van der Waals surface area contributed by atoms with Crippen molar-refractivity contribution in [2.24, 2.45) is 0 Å². The molecule has 0 spiro atoms. The Morgan fingerprint density at radius 1 is 1.41 bits per heavy atom. The summed E-state index contributed by atoms with van der Waals surface area (Å²) in [6, 6.07) is 8.19. The second kappa shape index (κ2) is 6.33. The molecule has 0 radical (unpaired) electrons. The average Bonchev–Trinajstić information content (AvgIpc) is 2.51. The number of carbonyl (C=O) groups excluding carboxylic acids is 1. The van der Waals surface area contributed by atoms with Gasteiger partial charge in [-0.05, 0) is 24.3 Å². The van der Waals surface area contributed by atoms with Crippen LogP contribution in [0.15, 0.2) is 30.3 Å². The van der Waals surface area contributed by atoms with E-state index in [1.54, 1.807) is 6.07 Å². The number of halogens is 2. The largest absolute Gasteiger partial charge is 0.496 e. The summed E-state index contributed by atoms with van der Waals surface area (Å²) in [7, 11) is 1.39. The van der Waals surface area contributed by atoms with Gasteiger partial charge in [0.25, 0.3) is 5.91 Å². The van der Waals surface area contributed by atoms with Gasteiger partial charge < -0.3 is 15.8 Å². The molecule has 0 aliphatic rings. The summed E-state index contributed by atoms with van der Waals surface area (Å²) in [5, 5.41) is 11.5. The van der Waals surface area contributed by atoms with Crippen LogP contribution < -0.4 is 15.8 Å². The molecule has 1 amide bonds. The number of ether oxygens (including phenoxy) is 1. The number of benzene rings is 2. The molecule has 0 aliphatic carbocycles. The van der Waals surface area contributed by atoms with Crippen LogP contribution in [0.4, 0.5) is 15.8 Å². The third kappa shape index (κ3) is 3.10. The van der Waals surface area contributed by atoms with Crippen molar-refractivity contribution >= 4 is 28.9 Å². The second-order valence-corrected chi connectivity index (χ2v) is 4.74. The van der Waals surface area contributed by atoms with Gasteiger partial charge in [-0.3, -0.25) is 4.79 Å². The average molecular weight is 320 g/mol. The van der Waals surface area contributed by atoms with Crippen LogP contribution >= 0.6 is 11.6 Å². The molecule has 0 aliphatic heterocycles. The number of amides is 1. The molecule has 0 heterocycles. The number of hydrogen-bond acceptors (Lipinski definition) is 4. The summed E-state index contributed by atoms with van der Waals surface area (Å²) in [5.41, 5.74) is 6.21. The van der Waals surface area contributed by atoms with Crippen LogP contribution in [0.5, 0.6) is 5.75 Å². The van der Waals surface area contributed by atoms with Gasteiger partial charge in [0, 0.05) is 11.8 Å². The van der Waals surface area contributed by atoms with Crippen molar-refractivity contribution in [3.8, 4) is 11.8 Å².